The molecule has 6 nitrogen and oxygen atoms in total. The van der Waals surface area contributed by atoms with Gasteiger partial charge in [-0.3, -0.25) is 0 Å². The molecule has 0 aliphatic rings. The van der Waals surface area contributed by atoms with Crippen LogP contribution in [0, 0.1) is 0 Å². The minimum Gasteiger partial charge on any atom is -0.377 e. The molecule has 0 atom stereocenters. The molecule has 0 saturated carbocycles. The first-order valence-electron chi connectivity index (χ1n) is 2.91. The van der Waals surface area contributed by atoms with Gasteiger partial charge in [0.15, 0.2) is 0 Å². The van der Waals surface area contributed by atoms with Crippen LogP contribution in [-0.2, 0) is 13.3 Å². The summed E-state index contributed by atoms with van der Waals surface area (Å²) < 4.78 is 14.9. The number of nitrogens with zero attached hydrogens (tertiary/aromatic N) is 3. The van der Waals surface area contributed by atoms with Crippen LogP contribution in [0.4, 0.5) is 0 Å². The summed E-state index contributed by atoms with van der Waals surface area (Å²) in [6.07, 6.45) is 0.118. The molecule has 7 heteroatoms. The second-order valence-corrected chi connectivity index (χ2v) is 4.59. The molecular formula is C4H11N3O3Si. The van der Waals surface area contributed by atoms with E-state index in [0.29, 0.717) is 0 Å². The summed E-state index contributed by atoms with van der Waals surface area (Å²) in [6.45, 7) is 0. The summed E-state index contributed by atoms with van der Waals surface area (Å²) in [4.78, 5) is 2.58. The highest BCUT2D eigenvalue weighted by Gasteiger charge is 2.36. The van der Waals surface area contributed by atoms with Crippen molar-refractivity contribution in [2.24, 2.45) is 5.11 Å². The summed E-state index contributed by atoms with van der Waals surface area (Å²) in [6, 6.07) is 0. The van der Waals surface area contributed by atoms with E-state index in [2.05, 4.69) is 10.0 Å². The summed E-state index contributed by atoms with van der Waals surface area (Å²) in [5, 5.41) is 3.32. The van der Waals surface area contributed by atoms with E-state index in [0.717, 1.165) is 0 Å². The fraction of sp³-hybridized carbons (Fsp3) is 1.00. The molecule has 0 aliphatic heterocycles. The number of azide groups is 1. The zero-order chi connectivity index (χ0) is 8.74. The monoisotopic (exact) mass is 177 g/mol. The third-order valence-corrected chi connectivity index (χ3v) is 3.66. The van der Waals surface area contributed by atoms with Gasteiger partial charge in [0, 0.05) is 26.2 Å². The first-order valence-corrected chi connectivity index (χ1v) is 4.84. The molecule has 0 N–H and O–H groups in total. The second-order valence-electron chi connectivity index (χ2n) is 1.68. The average Bonchev–Trinajstić information content (AvgIpc) is 2.08. The van der Waals surface area contributed by atoms with Crippen molar-refractivity contribution in [2.75, 3.05) is 27.5 Å². The zero-order valence-electron chi connectivity index (χ0n) is 6.77. The van der Waals surface area contributed by atoms with E-state index in [1.54, 1.807) is 0 Å². The van der Waals surface area contributed by atoms with E-state index in [-0.39, 0.29) is 6.17 Å². The molecule has 64 valence electrons. The maximum atomic E-state index is 8.03. The van der Waals surface area contributed by atoms with Crippen molar-refractivity contribution in [3.05, 3.63) is 10.4 Å². The molecule has 0 aromatic heterocycles. The summed E-state index contributed by atoms with van der Waals surface area (Å²) >= 11 is 0. The van der Waals surface area contributed by atoms with E-state index >= 15 is 0 Å². The lowest BCUT2D eigenvalue weighted by atomic mass is 11.5. The Labute approximate surface area is 66.1 Å². The zero-order valence-corrected chi connectivity index (χ0v) is 7.77. The van der Waals surface area contributed by atoms with Gasteiger partial charge in [-0.25, -0.2) is 0 Å². The Balaban J connectivity index is 4.15. The van der Waals surface area contributed by atoms with Gasteiger partial charge in [0.25, 0.3) is 0 Å². The van der Waals surface area contributed by atoms with Crippen LogP contribution in [0.15, 0.2) is 5.11 Å². The third kappa shape index (κ3) is 2.87. The lowest BCUT2D eigenvalue weighted by Crippen LogP contribution is -2.46. The van der Waals surface area contributed by atoms with Crippen LogP contribution >= 0.6 is 0 Å². The van der Waals surface area contributed by atoms with Gasteiger partial charge in [-0.2, -0.15) is 0 Å². The molecular weight excluding hydrogens is 166 g/mol. The minimum absolute atomic E-state index is 0.118. The van der Waals surface area contributed by atoms with Gasteiger partial charge in [-0.05, 0) is 5.53 Å². The predicted octanol–water partition coefficient (Wildman–Crippen LogP) is 0.714. The number of hydrogen-bond acceptors (Lipinski definition) is 4. The van der Waals surface area contributed by atoms with E-state index in [1.165, 1.54) is 21.3 Å². The molecule has 0 radical (unpaired) electrons. The smallest absolute Gasteiger partial charge is 0.377 e. The van der Waals surface area contributed by atoms with Gasteiger partial charge in [0.05, 0.1) is 6.17 Å². The quantitative estimate of drug-likeness (QED) is 0.268. The van der Waals surface area contributed by atoms with Crippen LogP contribution in [0.25, 0.3) is 10.4 Å². The summed E-state index contributed by atoms with van der Waals surface area (Å²) in [7, 11) is 1.73. The van der Waals surface area contributed by atoms with Crippen LogP contribution in [-0.4, -0.2) is 36.3 Å². The fourth-order valence-electron chi connectivity index (χ4n) is 0.562. The highest BCUT2D eigenvalue weighted by molar-refractivity contribution is 6.60. The lowest BCUT2D eigenvalue weighted by molar-refractivity contribution is 0.125. The fourth-order valence-corrected chi connectivity index (χ4v) is 1.69. The molecule has 11 heavy (non-hydrogen) atoms. The normalized spacial score (nSPS) is 10.8. The molecule has 0 spiro atoms. The van der Waals surface area contributed by atoms with Crippen LogP contribution in [0.1, 0.15) is 0 Å². The SMILES string of the molecule is CO[Si](CN=[N+]=[N-])(OC)OC. The maximum Gasteiger partial charge on any atom is 0.506 e. The van der Waals surface area contributed by atoms with Gasteiger partial charge in [0.1, 0.15) is 0 Å². The highest BCUT2D eigenvalue weighted by atomic mass is 28.4. The first kappa shape index (κ1) is 10.4. The van der Waals surface area contributed by atoms with Gasteiger partial charge in [-0.15, -0.1) is 0 Å². The largest absolute Gasteiger partial charge is 0.506 e. The van der Waals surface area contributed by atoms with Crippen molar-refractivity contribution in [2.45, 2.75) is 0 Å². The van der Waals surface area contributed by atoms with E-state index in [9.17, 15) is 0 Å². The van der Waals surface area contributed by atoms with Crippen LogP contribution in [0.5, 0.6) is 0 Å². The number of rotatable bonds is 5. The lowest BCUT2D eigenvalue weighted by Gasteiger charge is -2.21. The Morgan fingerprint density at radius 3 is 2.00 bits per heavy atom. The molecule has 0 bridgehead atoms. The molecule has 0 saturated heterocycles. The Kier molecular flexibility index (Phi) is 4.83. The standard InChI is InChI=1S/C4H11N3O3Si/c1-8-11(9-2,10-3)4-6-7-5/h4H2,1-3H3. The maximum absolute atomic E-state index is 8.03. The first-order chi connectivity index (χ1) is 5.24. The van der Waals surface area contributed by atoms with E-state index < -0.39 is 8.80 Å². The molecule has 0 heterocycles. The van der Waals surface area contributed by atoms with Crippen molar-refractivity contribution in [1.82, 2.24) is 0 Å². The van der Waals surface area contributed by atoms with Crippen molar-refractivity contribution >= 4 is 8.80 Å². The second kappa shape index (κ2) is 5.11. The van der Waals surface area contributed by atoms with Crippen molar-refractivity contribution in [3.8, 4) is 0 Å². The Hall–Kier alpha value is -0.593. The number of hydrogen-bond donors (Lipinski definition) is 0. The highest BCUT2D eigenvalue weighted by Crippen LogP contribution is 2.05. The average molecular weight is 177 g/mol. The van der Waals surface area contributed by atoms with Crippen molar-refractivity contribution in [3.63, 3.8) is 0 Å². The van der Waals surface area contributed by atoms with E-state index in [4.69, 9.17) is 18.8 Å². The Bertz CT molecular complexity index is 146. The van der Waals surface area contributed by atoms with Gasteiger partial charge < -0.3 is 13.3 Å². The van der Waals surface area contributed by atoms with Crippen LogP contribution < -0.4 is 0 Å². The summed E-state index contributed by atoms with van der Waals surface area (Å²) in [5.74, 6) is 0. The summed E-state index contributed by atoms with van der Waals surface area (Å²) in [5.41, 5.74) is 8.03. The molecule has 0 aromatic rings. The topological polar surface area (TPSA) is 76.5 Å². The third-order valence-electron chi connectivity index (χ3n) is 1.26. The Morgan fingerprint density at radius 2 is 1.73 bits per heavy atom. The molecule has 0 aromatic carbocycles. The molecule has 0 unspecified atom stereocenters. The Morgan fingerprint density at radius 1 is 1.27 bits per heavy atom. The predicted molar refractivity (Wildman–Crippen MR) is 40.8 cm³/mol. The molecule has 0 fully saturated rings. The molecule has 0 amide bonds. The molecule has 0 aliphatic carbocycles. The van der Waals surface area contributed by atoms with Crippen LogP contribution in [0.2, 0.25) is 0 Å². The van der Waals surface area contributed by atoms with Crippen LogP contribution in [0.3, 0.4) is 0 Å². The van der Waals surface area contributed by atoms with Crippen molar-refractivity contribution < 1.29 is 13.3 Å². The van der Waals surface area contributed by atoms with Crippen molar-refractivity contribution in [1.29, 1.82) is 0 Å². The van der Waals surface area contributed by atoms with Gasteiger partial charge >= 0.3 is 8.80 Å². The van der Waals surface area contributed by atoms with Gasteiger partial charge in [-0.1, -0.05) is 5.11 Å². The molecule has 0 rings (SSSR count). The minimum atomic E-state index is -2.66. The van der Waals surface area contributed by atoms with Gasteiger partial charge in [0.2, 0.25) is 0 Å². The van der Waals surface area contributed by atoms with E-state index in [1.807, 2.05) is 0 Å².